The van der Waals surface area contributed by atoms with Gasteiger partial charge in [-0.1, -0.05) is 12.0 Å². The van der Waals surface area contributed by atoms with Gasteiger partial charge < -0.3 is 0 Å². The fourth-order valence-electron chi connectivity index (χ4n) is 0.773. The molecule has 1 rings (SSSR count). The quantitative estimate of drug-likeness (QED) is 0.427. The van der Waals surface area contributed by atoms with Crippen LogP contribution in [-0.2, 0) is 0 Å². The lowest BCUT2D eigenvalue weighted by molar-refractivity contribution is 0.0996. The van der Waals surface area contributed by atoms with Crippen LogP contribution in [0.2, 0.25) is 0 Å². The molecule has 0 saturated carbocycles. The Kier molecular flexibility index (Phi) is 3.52. The van der Waals surface area contributed by atoms with E-state index < -0.39 is 0 Å². The van der Waals surface area contributed by atoms with Crippen molar-refractivity contribution in [2.75, 3.05) is 13.1 Å². The molecule has 0 unspecified atom stereocenters. The van der Waals surface area contributed by atoms with Gasteiger partial charge >= 0.3 is 0 Å². The zero-order valence-electron chi connectivity index (χ0n) is 6.54. The van der Waals surface area contributed by atoms with Crippen molar-refractivity contribution in [2.45, 2.75) is 0 Å². The Morgan fingerprint density at radius 1 is 1.75 bits per heavy atom. The third kappa shape index (κ3) is 2.50. The number of carbonyl (C=O) groups is 1. The molecule has 62 valence electrons. The van der Waals surface area contributed by atoms with Crippen LogP contribution >= 0.6 is 11.3 Å². The van der Waals surface area contributed by atoms with Crippen LogP contribution in [0.1, 0.15) is 9.67 Å². The molecule has 0 atom stereocenters. The standard InChI is InChI=1S/C9H9NOS/c1-2-5-10-7-8(11)9-4-3-6-12-9/h1,3-4,6,10H,5,7H2. The van der Waals surface area contributed by atoms with Crippen molar-refractivity contribution in [2.24, 2.45) is 0 Å². The fourth-order valence-corrected chi connectivity index (χ4v) is 1.44. The van der Waals surface area contributed by atoms with Gasteiger partial charge in [0.25, 0.3) is 0 Å². The monoisotopic (exact) mass is 179 g/mol. The predicted molar refractivity (Wildman–Crippen MR) is 50.4 cm³/mol. The zero-order valence-corrected chi connectivity index (χ0v) is 7.36. The number of nitrogens with one attached hydrogen (secondary N) is 1. The van der Waals surface area contributed by atoms with Gasteiger partial charge in [0, 0.05) is 0 Å². The van der Waals surface area contributed by atoms with Gasteiger partial charge in [-0.3, -0.25) is 10.1 Å². The van der Waals surface area contributed by atoms with Crippen LogP contribution in [-0.4, -0.2) is 18.9 Å². The van der Waals surface area contributed by atoms with E-state index in [1.165, 1.54) is 11.3 Å². The summed E-state index contributed by atoms with van der Waals surface area (Å²) in [6.45, 7) is 0.766. The fraction of sp³-hybridized carbons (Fsp3) is 0.222. The summed E-state index contributed by atoms with van der Waals surface area (Å²) in [6.07, 6.45) is 5.01. The Hall–Kier alpha value is -1.11. The van der Waals surface area contributed by atoms with Gasteiger partial charge in [0.15, 0.2) is 5.78 Å². The molecule has 0 bridgehead atoms. The van der Waals surface area contributed by atoms with Crippen LogP contribution < -0.4 is 5.32 Å². The Bertz CT molecular complexity index is 284. The van der Waals surface area contributed by atoms with Crippen molar-refractivity contribution in [1.82, 2.24) is 5.32 Å². The second kappa shape index (κ2) is 4.70. The maximum absolute atomic E-state index is 11.3. The van der Waals surface area contributed by atoms with Crippen molar-refractivity contribution in [3.63, 3.8) is 0 Å². The Balaban J connectivity index is 2.36. The van der Waals surface area contributed by atoms with E-state index in [0.717, 1.165) is 4.88 Å². The van der Waals surface area contributed by atoms with Crippen molar-refractivity contribution >= 4 is 17.1 Å². The molecule has 0 aliphatic carbocycles. The number of hydrogen-bond acceptors (Lipinski definition) is 3. The molecule has 0 aliphatic heterocycles. The average molecular weight is 179 g/mol. The summed E-state index contributed by atoms with van der Waals surface area (Å²) >= 11 is 1.45. The first-order chi connectivity index (χ1) is 5.84. The normalized spacial score (nSPS) is 9.25. The predicted octanol–water partition coefficient (Wildman–Crippen LogP) is 1.15. The first kappa shape index (κ1) is 8.98. The molecule has 0 spiro atoms. The Labute approximate surface area is 75.6 Å². The number of terminal acetylenes is 1. The van der Waals surface area contributed by atoms with Crippen LogP contribution in [0.15, 0.2) is 17.5 Å². The number of ketones is 1. The summed E-state index contributed by atoms with van der Waals surface area (Å²) < 4.78 is 0. The minimum absolute atomic E-state index is 0.0975. The van der Waals surface area contributed by atoms with Crippen molar-refractivity contribution in [1.29, 1.82) is 0 Å². The summed E-state index contributed by atoms with van der Waals surface area (Å²) in [5, 5.41) is 4.73. The van der Waals surface area contributed by atoms with Gasteiger partial charge in [-0.05, 0) is 11.4 Å². The molecular formula is C9H9NOS. The molecule has 1 N–H and O–H groups in total. The van der Waals surface area contributed by atoms with Crippen LogP contribution in [0.3, 0.4) is 0 Å². The molecule has 0 amide bonds. The lowest BCUT2D eigenvalue weighted by Crippen LogP contribution is -2.22. The minimum Gasteiger partial charge on any atom is -0.299 e. The molecule has 0 aliphatic rings. The lowest BCUT2D eigenvalue weighted by Gasteiger charge is -1.96. The number of hydrogen-bond donors (Lipinski definition) is 1. The van der Waals surface area contributed by atoms with E-state index in [1.807, 2.05) is 17.5 Å². The second-order valence-electron chi connectivity index (χ2n) is 2.21. The highest BCUT2D eigenvalue weighted by molar-refractivity contribution is 7.12. The van der Waals surface area contributed by atoms with Crippen molar-refractivity contribution in [3.8, 4) is 12.3 Å². The third-order valence-electron chi connectivity index (χ3n) is 1.31. The summed E-state index contributed by atoms with van der Waals surface area (Å²) in [4.78, 5) is 12.0. The molecule has 0 saturated heterocycles. The molecule has 1 aromatic rings. The SMILES string of the molecule is C#CCNCC(=O)c1cccs1. The van der Waals surface area contributed by atoms with Gasteiger partial charge in [0.1, 0.15) is 0 Å². The second-order valence-corrected chi connectivity index (χ2v) is 3.16. The maximum atomic E-state index is 11.3. The highest BCUT2D eigenvalue weighted by atomic mass is 32.1. The molecule has 0 fully saturated rings. The van der Waals surface area contributed by atoms with E-state index in [0.29, 0.717) is 13.1 Å². The average Bonchev–Trinajstić information content (AvgIpc) is 2.56. The van der Waals surface area contributed by atoms with Crippen molar-refractivity contribution < 1.29 is 4.79 Å². The number of carbonyl (C=O) groups excluding carboxylic acids is 1. The van der Waals surface area contributed by atoms with E-state index in [2.05, 4.69) is 11.2 Å². The van der Waals surface area contributed by atoms with Crippen LogP contribution in [0.5, 0.6) is 0 Å². The largest absolute Gasteiger partial charge is 0.299 e. The summed E-state index contributed by atoms with van der Waals surface area (Å²) in [6, 6.07) is 3.67. The van der Waals surface area contributed by atoms with E-state index in [1.54, 1.807) is 0 Å². The summed E-state index contributed by atoms with van der Waals surface area (Å²) in [5.74, 6) is 2.51. The lowest BCUT2D eigenvalue weighted by atomic mass is 10.3. The van der Waals surface area contributed by atoms with Crippen LogP contribution in [0.25, 0.3) is 0 Å². The number of thiophene rings is 1. The summed E-state index contributed by atoms with van der Waals surface area (Å²) in [5.41, 5.74) is 0. The maximum Gasteiger partial charge on any atom is 0.186 e. The van der Waals surface area contributed by atoms with E-state index in [9.17, 15) is 4.79 Å². The highest BCUT2D eigenvalue weighted by Gasteiger charge is 2.04. The minimum atomic E-state index is 0.0975. The molecule has 12 heavy (non-hydrogen) atoms. The zero-order chi connectivity index (χ0) is 8.81. The molecule has 2 nitrogen and oxygen atoms in total. The van der Waals surface area contributed by atoms with Gasteiger partial charge in [-0.15, -0.1) is 17.8 Å². The Morgan fingerprint density at radius 2 is 2.58 bits per heavy atom. The van der Waals surface area contributed by atoms with Crippen molar-refractivity contribution in [3.05, 3.63) is 22.4 Å². The topological polar surface area (TPSA) is 29.1 Å². The molecule has 0 aromatic carbocycles. The third-order valence-corrected chi connectivity index (χ3v) is 2.22. The van der Waals surface area contributed by atoms with Crippen LogP contribution in [0.4, 0.5) is 0 Å². The number of Topliss-reactive ketones (excluding diaryl/α,β-unsaturated/α-hetero) is 1. The Morgan fingerprint density at radius 3 is 3.17 bits per heavy atom. The smallest absolute Gasteiger partial charge is 0.186 e. The van der Waals surface area contributed by atoms with E-state index in [4.69, 9.17) is 6.42 Å². The van der Waals surface area contributed by atoms with Crippen LogP contribution in [0, 0.1) is 12.3 Å². The molecule has 1 heterocycles. The van der Waals surface area contributed by atoms with E-state index >= 15 is 0 Å². The van der Waals surface area contributed by atoms with E-state index in [-0.39, 0.29) is 5.78 Å². The highest BCUT2D eigenvalue weighted by Crippen LogP contribution is 2.08. The van der Waals surface area contributed by atoms with Gasteiger partial charge in [0.05, 0.1) is 18.0 Å². The molecule has 3 heteroatoms. The number of rotatable bonds is 4. The summed E-state index contributed by atoms with van der Waals surface area (Å²) in [7, 11) is 0. The first-order valence-electron chi connectivity index (χ1n) is 3.55. The first-order valence-corrected chi connectivity index (χ1v) is 4.43. The van der Waals surface area contributed by atoms with Gasteiger partial charge in [0.2, 0.25) is 0 Å². The molecular weight excluding hydrogens is 170 g/mol. The molecule has 1 aromatic heterocycles. The van der Waals surface area contributed by atoms with Gasteiger partial charge in [-0.2, -0.15) is 0 Å². The van der Waals surface area contributed by atoms with Gasteiger partial charge in [-0.25, -0.2) is 0 Å². The molecule has 0 radical (unpaired) electrons.